The van der Waals surface area contributed by atoms with E-state index in [0.29, 0.717) is 6.54 Å². The fraction of sp³-hybridized carbons (Fsp3) is 0.633. The molecular formula is C30H36F8N8O2. The Bertz CT molecular complexity index is 1610. The Morgan fingerprint density at radius 2 is 1.90 bits per heavy atom. The maximum absolute atomic E-state index is 14.1. The molecule has 2 aliphatic rings. The Morgan fingerprint density at radius 3 is 2.54 bits per heavy atom. The first kappa shape index (κ1) is 35.5. The Morgan fingerprint density at radius 1 is 1.19 bits per heavy atom. The van der Waals surface area contributed by atoms with E-state index in [1.54, 1.807) is 6.92 Å². The number of carbonyl (C=O) groups excluding carboxylic acids is 2. The number of hydrogen-bond acceptors (Lipinski definition) is 6. The first-order valence-electron chi connectivity index (χ1n) is 15.6. The zero-order valence-corrected chi connectivity index (χ0v) is 26.2. The number of nitrogens with zero attached hydrogens (tertiary/aromatic N) is 6. The smallest absolute Gasteiger partial charge is 0.355 e. The van der Waals surface area contributed by atoms with Crippen LogP contribution in [0, 0.1) is 17.8 Å². The van der Waals surface area contributed by atoms with Gasteiger partial charge < -0.3 is 10.6 Å². The van der Waals surface area contributed by atoms with Gasteiger partial charge in [0.05, 0.1) is 36.1 Å². The minimum atomic E-state index is -4.56. The molecule has 3 aromatic heterocycles. The third-order valence-corrected chi connectivity index (χ3v) is 8.98. The summed E-state index contributed by atoms with van der Waals surface area (Å²) in [4.78, 5) is 31.6. The largest absolute Gasteiger partial charge is 0.401 e. The van der Waals surface area contributed by atoms with Crippen LogP contribution in [0.4, 0.5) is 35.1 Å². The van der Waals surface area contributed by atoms with Crippen molar-refractivity contribution in [2.45, 2.75) is 82.9 Å². The highest BCUT2D eigenvalue weighted by molar-refractivity contribution is 5.92. The Kier molecular flexibility index (Phi) is 10.0. The van der Waals surface area contributed by atoms with Crippen molar-refractivity contribution in [3.63, 3.8) is 0 Å². The van der Waals surface area contributed by atoms with Crippen LogP contribution >= 0.6 is 0 Å². The van der Waals surface area contributed by atoms with E-state index in [9.17, 15) is 44.7 Å². The summed E-state index contributed by atoms with van der Waals surface area (Å²) in [5.41, 5.74) is 0.981. The van der Waals surface area contributed by atoms with Crippen LogP contribution in [0.25, 0.3) is 5.65 Å². The molecule has 10 nitrogen and oxygen atoms in total. The normalized spacial score (nSPS) is 21.4. The molecule has 48 heavy (non-hydrogen) atoms. The van der Waals surface area contributed by atoms with Crippen molar-refractivity contribution in [2.24, 2.45) is 17.8 Å². The van der Waals surface area contributed by atoms with Crippen molar-refractivity contribution in [3.05, 3.63) is 47.2 Å². The molecule has 264 valence electrons. The quantitative estimate of drug-likeness (QED) is 0.287. The van der Waals surface area contributed by atoms with E-state index in [1.807, 2.05) is 0 Å². The molecule has 2 fully saturated rings. The number of piperidine rings is 1. The fourth-order valence-electron chi connectivity index (χ4n) is 6.51. The molecule has 3 atom stereocenters. The lowest BCUT2D eigenvalue weighted by molar-refractivity contribution is -0.183. The summed E-state index contributed by atoms with van der Waals surface area (Å²) >= 11 is 0. The second kappa shape index (κ2) is 13.6. The molecule has 3 aromatic rings. The van der Waals surface area contributed by atoms with E-state index in [4.69, 9.17) is 0 Å². The van der Waals surface area contributed by atoms with Crippen molar-refractivity contribution in [1.82, 2.24) is 39.9 Å². The molecule has 0 aromatic carbocycles. The predicted molar refractivity (Wildman–Crippen MR) is 155 cm³/mol. The van der Waals surface area contributed by atoms with Crippen LogP contribution in [0.3, 0.4) is 0 Å². The Hall–Kier alpha value is -3.83. The monoisotopic (exact) mass is 692 g/mol. The number of carbonyl (C=O) groups is 2. The van der Waals surface area contributed by atoms with Gasteiger partial charge in [-0.3, -0.25) is 19.2 Å². The molecular weight excluding hydrogens is 656 g/mol. The van der Waals surface area contributed by atoms with Gasteiger partial charge in [-0.05, 0) is 56.8 Å². The highest BCUT2D eigenvalue weighted by atomic mass is 19.4. The van der Waals surface area contributed by atoms with Crippen LogP contribution in [0.5, 0.6) is 0 Å². The number of imidazole rings is 1. The minimum Gasteiger partial charge on any atom is -0.355 e. The van der Waals surface area contributed by atoms with Crippen molar-refractivity contribution in [1.29, 1.82) is 0 Å². The number of alkyl halides is 8. The van der Waals surface area contributed by atoms with Crippen molar-refractivity contribution < 1.29 is 44.7 Å². The molecule has 0 bridgehead atoms. The lowest BCUT2D eigenvalue weighted by Gasteiger charge is -2.33. The molecule has 1 aliphatic carbocycles. The van der Waals surface area contributed by atoms with Crippen LogP contribution in [0.1, 0.15) is 72.5 Å². The summed E-state index contributed by atoms with van der Waals surface area (Å²) in [6.45, 7) is 0.0183. The van der Waals surface area contributed by atoms with Crippen LogP contribution in [0.15, 0.2) is 24.5 Å². The zero-order valence-electron chi connectivity index (χ0n) is 26.2. The van der Waals surface area contributed by atoms with Gasteiger partial charge in [-0.15, -0.1) is 0 Å². The number of hydrogen-bond donors (Lipinski definition) is 2. The standard InChI is InChI=1S/C30H36F8N8O2/c1-3-45-23(6-9-40-45)27(48)42-25(17-4-7-28(31,32)8-5-17)22-15-46-24(41-22)12-19(14-44(2)16-29(33,34)35)21(43-46)11-18-10-20(30(36,37)38)13-39-26(18)47/h6,9,12,15,17-18,20,25H,3-5,7-8,10-11,13-14,16H2,1-2H3,(H,39,47)(H,42,48)/t18-,20-,25?/m1/s1. The van der Waals surface area contributed by atoms with Gasteiger partial charge in [0.25, 0.3) is 5.91 Å². The van der Waals surface area contributed by atoms with E-state index >= 15 is 0 Å². The Balaban J connectivity index is 1.51. The molecule has 0 spiro atoms. The lowest BCUT2D eigenvalue weighted by Crippen LogP contribution is -2.47. The molecule has 1 unspecified atom stereocenters. The SMILES string of the molecule is CCn1nccc1C(=O)NC(c1cn2nc(C[C@H]3C[C@@H](C(F)(F)F)CNC3=O)c(CN(C)CC(F)(F)F)cc2n1)C1CCC(F)(F)CC1. The summed E-state index contributed by atoms with van der Waals surface area (Å²) in [7, 11) is 1.22. The van der Waals surface area contributed by atoms with Gasteiger partial charge in [0.1, 0.15) is 5.69 Å². The second-order valence-electron chi connectivity index (χ2n) is 12.7. The molecule has 1 saturated heterocycles. The van der Waals surface area contributed by atoms with Crippen molar-refractivity contribution in [3.8, 4) is 0 Å². The van der Waals surface area contributed by atoms with Crippen molar-refractivity contribution >= 4 is 17.5 Å². The highest BCUT2D eigenvalue weighted by Crippen LogP contribution is 2.41. The van der Waals surface area contributed by atoms with E-state index in [-0.39, 0.29) is 54.1 Å². The predicted octanol–water partition coefficient (Wildman–Crippen LogP) is 5.09. The molecule has 4 heterocycles. The van der Waals surface area contributed by atoms with Crippen LogP contribution in [-0.2, 0) is 24.3 Å². The first-order chi connectivity index (χ1) is 22.4. The number of aromatic nitrogens is 5. The van der Waals surface area contributed by atoms with Gasteiger partial charge in [0.2, 0.25) is 11.8 Å². The average molecular weight is 693 g/mol. The number of nitrogens with one attached hydrogen (secondary N) is 2. The number of aryl methyl sites for hydroxylation is 1. The van der Waals surface area contributed by atoms with Gasteiger partial charge >= 0.3 is 12.4 Å². The van der Waals surface area contributed by atoms with Gasteiger partial charge in [0, 0.05) is 51.0 Å². The number of fused-ring (bicyclic) bond motifs is 1. The minimum absolute atomic E-state index is 0.0716. The summed E-state index contributed by atoms with van der Waals surface area (Å²) < 4.78 is 111. The lowest BCUT2D eigenvalue weighted by atomic mass is 9.81. The molecule has 2 amide bonds. The van der Waals surface area contributed by atoms with E-state index in [2.05, 4.69) is 25.8 Å². The molecule has 5 rings (SSSR count). The average Bonchev–Trinajstić information content (AvgIpc) is 3.62. The summed E-state index contributed by atoms with van der Waals surface area (Å²) in [6.07, 6.45) is -7.64. The van der Waals surface area contributed by atoms with Crippen LogP contribution in [-0.4, -0.2) is 79.5 Å². The third kappa shape index (κ3) is 8.41. The van der Waals surface area contributed by atoms with Crippen molar-refractivity contribution in [2.75, 3.05) is 20.1 Å². The summed E-state index contributed by atoms with van der Waals surface area (Å²) in [6, 6.07) is 2.10. The molecule has 0 radical (unpaired) electrons. The summed E-state index contributed by atoms with van der Waals surface area (Å²) in [5.74, 6) is -7.38. The first-order valence-corrected chi connectivity index (χ1v) is 15.6. The molecule has 2 N–H and O–H groups in total. The Labute approximate surface area is 270 Å². The number of halogens is 8. The van der Waals surface area contributed by atoms with Gasteiger partial charge in [0.15, 0.2) is 5.65 Å². The van der Waals surface area contributed by atoms with Gasteiger partial charge in [-0.25, -0.2) is 18.3 Å². The van der Waals surface area contributed by atoms with E-state index in [0.717, 1.165) is 4.90 Å². The maximum Gasteiger partial charge on any atom is 0.401 e. The highest BCUT2D eigenvalue weighted by Gasteiger charge is 2.45. The third-order valence-electron chi connectivity index (χ3n) is 8.98. The zero-order chi connectivity index (χ0) is 35.0. The van der Waals surface area contributed by atoms with Crippen LogP contribution < -0.4 is 10.6 Å². The molecule has 1 saturated carbocycles. The number of amides is 2. The van der Waals surface area contributed by atoms with E-state index in [1.165, 1.54) is 40.8 Å². The summed E-state index contributed by atoms with van der Waals surface area (Å²) in [5, 5.41) is 13.8. The van der Waals surface area contributed by atoms with Crippen LogP contribution in [0.2, 0.25) is 0 Å². The fourth-order valence-corrected chi connectivity index (χ4v) is 6.51. The maximum atomic E-state index is 14.1. The van der Waals surface area contributed by atoms with Gasteiger partial charge in [-0.2, -0.15) is 36.5 Å². The molecule has 18 heteroatoms. The topological polar surface area (TPSA) is 109 Å². The van der Waals surface area contributed by atoms with E-state index < -0.39 is 86.2 Å². The van der Waals surface area contributed by atoms with Gasteiger partial charge in [-0.1, -0.05) is 0 Å². The molecule has 1 aliphatic heterocycles. The number of rotatable bonds is 10. The second-order valence-corrected chi connectivity index (χ2v) is 12.7.